The smallest absolute Gasteiger partial charge is 0.407 e. The van der Waals surface area contributed by atoms with Crippen molar-refractivity contribution in [2.45, 2.75) is 63.9 Å². The van der Waals surface area contributed by atoms with Gasteiger partial charge in [-0.25, -0.2) is 4.79 Å². The van der Waals surface area contributed by atoms with Crippen molar-refractivity contribution in [3.05, 3.63) is 35.5 Å². The molecule has 2 atom stereocenters. The fraction of sp³-hybridized carbons (Fsp3) is 0.542. The van der Waals surface area contributed by atoms with Crippen LogP contribution in [0.3, 0.4) is 0 Å². The third-order valence-corrected chi connectivity index (χ3v) is 5.86. The number of phenolic OH excluding ortho intramolecular Hbond substituents is 1. The molecule has 2 fully saturated rings. The zero-order chi connectivity index (χ0) is 24.8. The van der Waals surface area contributed by atoms with Gasteiger partial charge >= 0.3 is 6.09 Å². The zero-order valence-electron chi connectivity index (χ0n) is 19.9. The average molecular weight is 489 g/mol. The molecule has 1 saturated carbocycles. The van der Waals surface area contributed by atoms with Crippen molar-refractivity contribution >= 4 is 17.8 Å². The molecule has 1 aromatic carbocycles. The molecular weight excluding hydrogens is 456 g/mol. The van der Waals surface area contributed by atoms with E-state index in [0.717, 1.165) is 18.5 Å². The number of benzene rings is 1. The van der Waals surface area contributed by atoms with Gasteiger partial charge in [-0.1, -0.05) is 6.07 Å². The van der Waals surface area contributed by atoms with Crippen LogP contribution < -0.4 is 15.4 Å². The second kappa shape index (κ2) is 11.4. The van der Waals surface area contributed by atoms with E-state index in [2.05, 4.69) is 20.8 Å². The first-order chi connectivity index (χ1) is 16.9. The van der Waals surface area contributed by atoms with Crippen LogP contribution in [0, 0.1) is 0 Å². The first kappa shape index (κ1) is 24.8. The molecule has 0 spiro atoms. The normalized spacial score (nSPS) is 20.2. The van der Waals surface area contributed by atoms with Gasteiger partial charge in [-0.2, -0.15) is 5.10 Å². The van der Waals surface area contributed by atoms with Crippen molar-refractivity contribution in [2.75, 3.05) is 25.1 Å². The van der Waals surface area contributed by atoms with E-state index in [0.29, 0.717) is 36.8 Å². The molecule has 35 heavy (non-hydrogen) atoms. The first-order valence-electron chi connectivity index (χ1n) is 11.9. The first-order valence-corrected chi connectivity index (χ1v) is 11.9. The molecule has 1 aliphatic heterocycles. The summed E-state index contributed by atoms with van der Waals surface area (Å²) in [7, 11) is 0. The number of hydrogen-bond acceptors (Lipinski definition) is 8. The molecular formula is C24H32N4O7. The lowest BCUT2D eigenvalue weighted by atomic mass is 10.0. The second-order valence-electron chi connectivity index (χ2n) is 8.95. The molecule has 2 heterocycles. The fourth-order valence-corrected chi connectivity index (χ4v) is 4.24. The van der Waals surface area contributed by atoms with Gasteiger partial charge in [0.1, 0.15) is 17.6 Å². The minimum absolute atomic E-state index is 0.0167. The summed E-state index contributed by atoms with van der Waals surface area (Å²) in [5.41, 5.74) is 1.32. The quantitative estimate of drug-likeness (QED) is 0.421. The molecule has 4 N–H and O–H groups in total. The third kappa shape index (κ3) is 6.64. The molecule has 190 valence electrons. The summed E-state index contributed by atoms with van der Waals surface area (Å²) in [6.07, 6.45) is 1.22. The van der Waals surface area contributed by atoms with Crippen molar-refractivity contribution in [2.24, 2.45) is 0 Å². The Morgan fingerprint density at radius 3 is 2.83 bits per heavy atom. The number of carbonyl (C=O) groups excluding carboxylic acids is 2. The highest BCUT2D eigenvalue weighted by molar-refractivity contribution is 5.89. The minimum Gasteiger partial charge on any atom is -0.507 e. The van der Waals surface area contributed by atoms with Gasteiger partial charge in [0.25, 0.3) is 0 Å². The SMILES string of the molecule is CC(C)NC(=O)O[C@@H]1CC[C@H](c2cc(NC(=O)CCOc3cccc(O)c3C3OCCO3)n[nH]2)C1. The molecule has 2 aliphatic rings. The van der Waals surface area contributed by atoms with Crippen LogP contribution in [0.25, 0.3) is 0 Å². The molecule has 2 amide bonds. The molecule has 11 heteroatoms. The van der Waals surface area contributed by atoms with E-state index in [9.17, 15) is 14.7 Å². The summed E-state index contributed by atoms with van der Waals surface area (Å²) in [5, 5.41) is 22.8. The minimum atomic E-state index is -0.687. The maximum Gasteiger partial charge on any atom is 0.407 e. The Hall–Kier alpha value is -3.31. The average Bonchev–Trinajstić information content (AvgIpc) is 3.55. The van der Waals surface area contributed by atoms with Crippen LogP contribution >= 0.6 is 0 Å². The van der Waals surface area contributed by atoms with Gasteiger partial charge in [-0.3, -0.25) is 9.89 Å². The summed E-state index contributed by atoms with van der Waals surface area (Å²) >= 11 is 0. The Bertz CT molecular complexity index is 1020. The molecule has 1 aliphatic carbocycles. The number of hydrogen-bond donors (Lipinski definition) is 4. The topological polar surface area (TPSA) is 144 Å². The van der Waals surface area contributed by atoms with E-state index in [1.54, 1.807) is 12.1 Å². The van der Waals surface area contributed by atoms with Gasteiger partial charge in [-0.05, 0) is 45.2 Å². The molecule has 1 aromatic heterocycles. The molecule has 0 bridgehead atoms. The molecule has 11 nitrogen and oxygen atoms in total. The number of anilines is 1. The number of aromatic hydroxyl groups is 1. The number of nitrogens with one attached hydrogen (secondary N) is 3. The maximum absolute atomic E-state index is 12.4. The number of aromatic amines is 1. The Kier molecular flexibility index (Phi) is 8.09. The monoisotopic (exact) mass is 488 g/mol. The van der Waals surface area contributed by atoms with E-state index in [-0.39, 0.29) is 42.7 Å². The lowest BCUT2D eigenvalue weighted by molar-refractivity contribution is -0.116. The summed E-state index contributed by atoms with van der Waals surface area (Å²) in [6.45, 7) is 4.75. The third-order valence-electron chi connectivity index (χ3n) is 5.86. The summed E-state index contributed by atoms with van der Waals surface area (Å²) in [5.74, 6) is 0.779. The number of ether oxygens (including phenoxy) is 4. The Morgan fingerprint density at radius 2 is 2.06 bits per heavy atom. The Morgan fingerprint density at radius 1 is 1.26 bits per heavy atom. The van der Waals surface area contributed by atoms with Gasteiger partial charge in [0.2, 0.25) is 5.91 Å². The van der Waals surface area contributed by atoms with Gasteiger partial charge in [-0.15, -0.1) is 0 Å². The van der Waals surface area contributed by atoms with Gasteiger partial charge in [0.05, 0.1) is 31.8 Å². The fourth-order valence-electron chi connectivity index (χ4n) is 4.24. The van der Waals surface area contributed by atoms with Crippen LogP contribution in [0.1, 0.15) is 63.0 Å². The summed E-state index contributed by atoms with van der Waals surface area (Å²) in [4.78, 5) is 24.2. The number of phenols is 1. The number of alkyl carbamates (subject to hydrolysis) is 1. The van der Waals surface area contributed by atoms with Crippen LogP contribution in [0.4, 0.5) is 10.6 Å². The van der Waals surface area contributed by atoms with Crippen LogP contribution in [0.2, 0.25) is 0 Å². The predicted molar refractivity (Wildman–Crippen MR) is 125 cm³/mol. The largest absolute Gasteiger partial charge is 0.507 e. The van der Waals surface area contributed by atoms with Crippen LogP contribution in [-0.2, 0) is 19.0 Å². The number of H-pyrrole nitrogens is 1. The number of amides is 2. The standard InChI is InChI=1S/C24H32N4O7/c1-14(2)25-24(31)35-16-7-6-15(12-16)17-13-20(28-27-17)26-21(30)8-9-32-19-5-3-4-18(29)22(19)23-33-10-11-34-23/h3-5,13-16,23,29H,6-12H2,1-2H3,(H,25,31)(H2,26,27,28,30)/t15-,16+/m0/s1. The zero-order valence-corrected chi connectivity index (χ0v) is 19.9. The number of rotatable bonds is 9. The molecule has 0 unspecified atom stereocenters. The molecule has 1 saturated heterocycles. The molecule has 4 rings (SSSR count). The van der Waals surface area contributed by atoms with Crippen molar-refractivity contribution in [3.63, 3.8) is 0 Å². The van der Waals surface area contributed by atoms with E-state index in [1.807, 2.05) is 19.9 Å². The van der Waals surface area contributed by atoms with Gasteiger partial charge in [0.15, 0.2) is 12.1 Å². The van der Waals surface area contributed by atoms with E-state index < -0.39 is 12.4 Å². The van der Waals surface area contributed by atoms with Crippen molar-refractivity contribution in [1.29, 1.82) is 0 Å². The van der Waals surface area contributed by atoms with Crippen LogP contribution in [0.15, 0.2) is 24.3 Å². The van der Waals surface area contributed by atoms with Crippen molar-refractivity contribution in [3.8, 4) is 11.5 Å². The number of aromatic nitrogens is 2. The maximum atomic E-state index is 12.4. The van der Waals surface area contributed by atoms with Crippen molar-refractivity contribution in [1.82, 2.24) is 15.5 Å². The highest BCUT2D eigenvalue weighted by atomic mass is 16.7. The number of carbonyl (C=O) groups is 2. The van der Waals surface area contributed by atoms with Crippen molar-refractivity contribution < 1.29 is 33.6 Å². The molecule has 0 radical (unpaired) electrons. The summed E-state index contributed by atoms with van der Waals surface area (Å²) < 4.78 is 22.2. The summed E-state index contributed by atoms with van der Waals surface area (Å²) in [6, 6.07) is 6.73. The van der Waals surface area contributed by atoms with E-state index in [1.165, 1.54) is 6.07 Å². The van der Waals surface area contributed by atoms with Gasteiger partial charge in [0, 0.05) is 23.7 Å². The molecule has 2 aromatic rings. The predicted octanol–water partition coefficient (Wildman–Crippen LogP) is 3.34. The second-order valence-corrected chi connectivity index (χ2v) is 8.95. The number of nitrogens with zero attached hydrogens (tertiary/aromatic N) is 1. The van der Waals surface area contributed by atoms with Gasteiger partial charge < -0.3 is 34.7 Å². The lowest BCUT2D eigenvalue weighted by Gasteiger charge is -2.16. The Labute approximate surface area is 203 Å². The van der Waals surface area contributed by atoms with Crippen LogP contribution in [0.5, 0.6) is 11.5 Å². The van der Waals surface area contributed by atoms with Crippen LogP contribution in [-0.4, -0.2) is 59.3 Å². The highest BCUT2D eigenvalue weighted by Gasteiger charge is 2.30. The Balaban J connectivity index is 1.23. The van der Waals surface area contributed by atoms with E-state index in [4.69, 9.17) is 18.9 Å². The van der Waals surface area contributed by atoms with E-state index >= 15 is 0 Å². The lowest BCUT2D eigenvalue weighted by Crippen LogP contribution is -2.33. The highest BCUT2D eigenvalue weighted by Crippen LogP contribution is 2.38.